The third kappa shape index (κ3) is 8.63. The van der Waals surface area contributed by atoms with Gasteiger partial charge in [0.1, 0.15) is 1.16 Å². The highest BCUT2D eigenvalue weighted by molar-refractivity contribution is 14.3. The summed E-state index contributed by atoms with van der Waals surface area (Å²) in [6.07, 6.45) is 0. The lowest BCUT2D eigenvalue weighted by Gasteiger charge is -2.50. The van der Waals surface area contributed by atoms with Crippen LogP contribution in [0.15, 0.2) is 0 Å². The van der Waals surface area contributed by atoms with Gasteiger partial charge in [-0.05, 0) is 0 Å². The minimum Gasteiger partial charge on any atom is -0.0642 e. The van der Waals surface area contributed by atoms with Crippen molar-refractivity contribution in [1.29, 1.82) is 0 Å². The molecule has 0 amide bonds. The van der Waals surface area contributed by atoms with Gasteiger partial charge in [0.25, 0.3) is 0 Å². The molecule has 0 saturated heterocycles. The summed E-state index contributed by atoms with van der Waals surface area (Å²) in [5, 5.41) is 0. The largest absolute Gasteiger partial charge is 0.149 e. The van der Waals surface area contributed by atoms with Crippen LogP contribution in [-0.4, -0.2) is 1.16 Å². The van der Waals surface area contributed by atoms with Gasteiger partial charge in [-0.15, -0.1) is 0 Å². The maximum absolute atomic E-state index is 2.68. The fourth-order valence-corrected chi connectivity index (χ4v) is 26.8. The summed E-state index contributed by atoms with van der Waals surface area (Å²) in [5.41, 5.74) is 0. The van der Waals surface area contributed by atoms with Gasteiger partial charge in [-0.2, -0.15) is 0 Å². The molecule has 0 spiro atoms. The maximum Gasteiger partial charge on any atom is 0.149 e. The van der Waals surface area contributed by atoms with Crippen LogP contribution in [0.3, 0.4) is 0 Å². The summed E-state index contributed by atoms with van der Waals surface area (Å²) < 4.78 is 0.696. The first kappa shape index (κ1) is 28.5. The minimum atomic E-state index is 0.111. The molecule has 116 valence electrons. The minimum absolute atomic E-state index is 0.111. The van der Waals surface area contributed by atoms with Crippen molar-refractivity contribution in [2.75, 3.05) is 0 Å². The Morgan fingerprint density at radius 1 is 0.474 bits per heavy atom. The molecule has 0 nitrogen and oxygen atoms in total. The predicted octanol–water partition coefficient (Wildman–Crippen LogP) is 10.6. The van der Waals surface area contributed by atoms with E-state index in [0.717, 1.165) is 0 Å². The standard InChI is InChI=1S/C6HI13/c7-2(8,5(15,16)6(17,18)19)1(3(9,10)11)4(12,13)14/h1H. The van der Waals surface area contributed by atoms with Gasteiger partial charge in [0.2, 0.25) is 0 Å². The van der Waals surface area contributed by atoms with E-state index in [1.807, 2.05) is 0 Å². The van der Waals surface area contributed by atoms with E-state index in [4.69, 9.17) is 0 Å². The maximum atomic E-state index is 2.68. The third-order valence-corrected chi connectivity index (χ3v) is 24.5. The molecule has 0 fully saturated rings. The lowest BCUT2D eigenvalue weighted by molar-refractivity contribution is 0.606. The molecule has 0 heterocycles. The number of halogens is 13. The molecule has 0 rings (SSSR count). The van der Waals surface area contributed by atoms with Crippen LogP contribution in [0, 0.1) is 5.92 Å². The molecule has 0 atom stereocenters. The van der Waals surface area contributed by atoms with Crippen LogP contribution >= 0.6 is 294 Å². The van der Waals surface area contributed by atoms with Crippen LogP contribution < -0.4 is 0 Å². The smallest absolute Gasteiger partial charge is 0.0642 e. The molecule has 0 unspecified atom stereocenters. The first-order valence-corrected chi connectivity index (χ1v) is 17.8. The van der Waals surface area contributed by atoms with Crippen LogP contribution in [0.1, 0.15) is 0 Å². The first-order valence-electron chi connectivity index (χ1n) is 3.82. The average molecular weight is 1720 g/mol. The molecule has 0 aromatic rings. The van der Waals surface area contributed by atoms with Gasteiger partial charge in [-0.25, -0.2) is 0 Å². The summed E-state index contributed by atoms with van der Waals surface area (Å²) in [7, 11) is 0. The molecule has 0 saturated carbocycles. The van der Waals surface area contributed by atoms with Gasteiger partial charge in [0.05, 0.1) is 5.92 Å². The van der Waals surface area contributed by atoms with E-state index < -0.39 is 0 Å². The second-order valence-electron chi connectivity index (χ2n) is 3.21. The Kier molecular flexibility index (Phi) is 16.0. The van der Waals surface area contributed by atoms with E-state index in [9.17, 15) is 0 Å². The molecule has 0 bridgehead atoms. The molecular formula is C6HI13. The Hall–Kier alpha value is 9.49. The van der Waals surface area contributed by atoms with Gasteiger partial charge in [0, 0.05) is 0 Å². The Morgan fingerprint density at radius 3 is 0.895 bits per heavy atom. The molecule has 19 heavy (non-hydrogen) atoms. The van der Waals surface area contributed by atoms with Gasteiger partial charge in [-0.3, -0.25) is 0 Å². The van der Waals surface area contributed by atoms with E-state index in [1.54, 1.807) is 0 Å². The molecule has 0 radical (unpaired) electrons. The van der Waals surface area contributed by atoms with Crippen LogP contribution in [-0.2, 0) is 0 Å². The van der Waals surface area contributed by atoms with Crippen LogP contribution in [0.5, 0.6) is 0 Å². The summed E-state index contributed by atoms with van der Waals surface area (Å²) in [6.45, 7) is 0. The van der Waals surface area contributed by atoms with Gasteiger partial charge in [-0.1, -0.05) is 294 Å². The first-order chi connectivity index (χ1) is 7.87. The molecular weight excluding hydrogens is 1720 g/mol. The molecule has 0 N–H and O–H groups in total. The number of alkyl halides is 13. The Labute approximate surface area is 291 Å². The summed E-state index contributed by atoms with van der Waals surface area (Å²) in [4.78, 5) is 0. The van der Waals surface area contributed by atoms with Crippen molar-refractivity contribution in [2.24, 2.45) is 5.92 Å². The van der Waals surface area contributed by atoms with Crippen molar-refractivity contribution >= 4 is 294 Å². The summed E-state index contributed by atoms with van der Waals surface area (Å²) in [5.74, 6) is 0.518. The monoisotopic (exact) mass is 1720 g/mol. The van der Waals surface area contributed by atoms with E-state index in [-0.39, 0.29) is 1.16 Å². The number of rotatable bonds is 5. The third-order valence-electron chi connectivity index (χ3n) is 1.79. The van der Waals surface area contributed by atoms with Crippen LogP contribution in [0.2, 0.25) is 0 Å². The molecule has 0 aliphatic carbocycles. The van der Waals surface area contributed by atoms with Gasteiger partial charge < -0.3 is 0 Å². The zero-order valence-corrected chi connectivity index (χ0v) is 36.0. The van der Waals surface area contributed by atoms with E-state index in [2.05, 4.69) is 294 Å². The van der Waals surface area contributed by atoms with Crippen molar-refractivity contribution in [3.63, 3.8) is 0 Å². The SMILES string of the molecule is IC(I)(I)C(C(I)(I)I)C(I)(I)C(I)(I)C(I)(I)I. The highest BCUT2D eigenvalue weighted by atomic mass is 127. The van der Waals surface area contributed by atoms with Crippen molar-refractivity contribution in [3.05, 3.63) is 0 Å². The van der Waals surface area contributed by atoms with Gasteiger partial charge >= 0.3 is 0 Å². The van der Waals surface area contributed by atoms with Crippen LogP contribution in [0.25, 0.3) is 0 Å². The predicted molar refractivity (Wildman–Crippen MR) is 199 cm³/mol. The van der Waals surface area contributed by atoms with E-state index in [0.29, 0.717) is 5.92 Å². The van der Waals surface area contributed by atoms with Crippen molar-refractivity contribution in [1.82, 2.24) is 0 Å². The van der Waals surface area contributed by atoms with Crippen molar-refractivity contribution in [3.8, 4) is 0 Å². The van der Waals surface area contributed by atoms with Crippen LogP contribution in [0.4, 0.5) is 0 Å². The molecule has 0 aliphatic heterocycles. The molecule has 0 aromatic heterocycles. The highest BCUT2D eigenvalue weighted by Crippen LogP contribution is 2.73. The lowest BCUT2D eigenvalue weighted by Crippen LogP contribution is -2.55. The second kappa shape index (κ2) is 10.7. The Bertz CT molecular complexity index is 299. The lowest BCUT2D eigenvalue weighted by atomic mass is 10.1. The Morgan fingerprint density at radius 2 is 0.737 bits per heavy atom. The van der Waals surface area contributed by atoms with Crippen molar-refractivity contribution < 1.29 is 0 Å². The summed E-state index contributed by atoms with van der Waals surface area (Å²) >= 11 is 33.9. The highest BCUT2D eigenvalue weighted by Gasteiger charge is 2.66. The fraction of sp³-hybridized carbons (Fsp3) is 1.00. The van der Waals surface area contributed by atoms with Crippen molar-refractivity contribution in [2.45, 2.75) is 1.16 Å². The average Bonchev–Trinajstić information content (AvgIpc) is 1.92. The fourth-order valence-electron chi connectivity index (χ4n) is 0.967. The zero-order chi connectivity index (χ0) is 16.1. The molecule has 13 heteroatoms. The second-order valence-corrected chi connectivity index (χ2v) is 47.6. The van der Waals surface area contributed by atoms with Gasteiger partial charge in [0.15, 0.2) is 0 Å². The summed E-state index contributed by atoms with van der Waals surface area (Å²) in [6, 6.07) is 0. The topological polar surface area (TPSA) is 0 Å². The zero-order valence-electron chi connectivity index (χ0n) is 7.99. The molecule has 0 aliphatic rings. The van der Waals surface area contributed by atoms with E-state index >= 15 is 0 Å². The normalized spacial score (nSPS) is 16.1. The Balaban J connectivity index is 5.97. The molecule has 0 aromatic carbocycles. The number of hydrogen-bond acceptors (Lipinski definition) is 0. The number of hydrogen-bond donors (Lipinski definition) is 0. The quantitative estimate of drug-likeness (QED) is 0.190. The van der Waals surface area contributed by atoms with E-state index in [1.165, 1.54) is 0 Å².